The Balaban J connectivity index is 1.86. The highest BCUT2D eigenvalue weighted by Crippen LogP contribution is 2.28. The van der Waals surface area contributed by atoms with Crippen molar-refractivity contribution >= 4 is 17.3 Å². The first kappa shape index (κ1) is 21.8. The van der Waals surface area contributed by atoms with E-state index in [4.69, 9.17) is 0 Å². The molecule has 0 amide bonds. The van der Waals surface area contributed by atoms with E-state index in [2.05, 4.69) is 39.4 Å². The van der Waals surface area contributed by atoms with Gasteiger partial charge in [0, 0.05) is 30.0 Å². The number of aromatic nitrogens is 1. The lowest BCUT2D eigenvalue weighted by atomic mass is 10.1. The monoisotopic (exact) mass is 408 g/mol. The van der Waals surface area contributed by atoms with E-state index in [1.807, 2.05) is 13.8 Å². The number of aryl methyl sites for hydroxylation is 2. The molecular formula is C20H23F3N4S. The molecule has 0 fully saturated rings. The molecule has 8 heteroatoms. The molecule has 2 N–H and O–H groups in total. The van der Waals surface area contributed by atoms with Gasteiger partial charge in [-0.25, -0.2) is 4.98 Å². The van der Waals surface area contributed by atoms with Crippen molar-refractivity contribution < 1.29 is 13.2 Å². The molecule has 1 aromatic carbocycles. The molecule has 0 saturated heterocycles. The van der Waals surface area contributed by atoms with Gasteiger partial charge in [0.25, 0.3) is 0 Å². The number of halogens is 3. The smallest absolute Gasteiger partial charge is 0.357 e. The van der Waals surface area contributed by atoms with Gasteiger partial charge in [-0.05, 0) is 45.0 Å². The number of nitrogens with zero attached hydrogens (tertiary/aromatic N) is 2. The van der Waals surface area contributed by atoms with Gasteiger partial charge in [-0.2, -0.15) is 13.2 Å². The standard InChI is InChI=1S/C20H23F3N4S/c1-4-24-19(26-13-11-18-27-14(2)15(3)28-18)25-12-5-6-16-7-9-17(10-8-16)20(21,22)23/h7-10H,4,11-13H2,1-3H3,(H2,24,25,26). The van der Waals surface area contributed by atoms with Crippen LogP contribution < -0.4 is 10.6 Å². The second kappa shape index (κ2) is 10.1. The molecule has 2 rings (SSSR count). The maximum atomic E-state index is 12.5. The summed E-state index contributed by atoms with van der Waals surface area (Å²) in [4.78, 5) is 10.2. The number of thiazole rings is 1. The van der Waals surface area contributed by atoms with E-state index in [1.165, 1.54) is 17.0 Å². The number of rotatable bonds is 5. The number of aliphatic imine (C=N–C) groups is 1. The van der Waals surface area contributed by atoms with Crippen LogP contribution in [0.3, 0.4) is 0 Å². The van der Waals surface area contributed by atoms with Gasteiger partial charge in [0.2, 0.25) is 0 Å². The maximum Gasteiger partial charge on any atom is 0.416 e. The van der Waals surface area contributed by atoms with Crippen LogP contribution in [0.15, 0.2) is 29.3 Å². The molecule has 0 bridgehead atoms. The van der Waals surface area contributed by atoms with Crippen LogP contribution in [0.4, 0.5) is 13.2 Å². The van der Waals surface area contributed by atoms with Crippen LogP contribution in [0.1, 0.15) is 33.6 Å². The second-order valence-electron chi connectivity index (χ2n) is 5.99. The summed E-state index contributed by atoms with van der Waals surface area (Å²) in [7, 11) is 0. The second-order valence-corrected chi connectivity index (χ2v) is 7.28. The average Bonchev–Trinajstić information content (AvgIpc) is 2.96. The van der Waals surface area contributed by atoms with Gasteiger partial charge in [0.15, 0.2) is 5.96 Å². The largest absolute Gasteiger partial charge is 0.416 e. The summed E-state index contributed by atoms with van der Waals surface area (Å²) >= 11 is 1.69. The molecule has 0 aliphatic rings. The fourth-order valence-corrected chi connectivity index (χ4v) is 3.19. The van der Waals surface area contributed by atoms with Gasteiger partial charge in [0.1, 0.15) is 0 Å². The molecule has 0 atom stereocenters. The highest BCUT2D eigenvalue weighted by atomic mass is 32.1. The van der Waals surface area contributed by atoms with Crippen molar-refractivity contribution in [3.05, 3.63) is 51.0 Å². The molecule has 0 aliphatic carbocycles. The third-order valence-electron chi connectivity index (χ3n) is 3.80. The molecule has 28 heavy (non-hydrogen) atoms. The molecule has 0 spiro atoms. The molecule has 0 aliphatic heterocycles. The molecule has 4 nitrogen and oxygen atoms in total. The van der Waals surface area contributed by atoms with Crippen molar-refractivity contribution in [1.82, 2.24) is 15.6 Å². The Hall–Kier alpha value is -2.53. The van der Waals surface area contributed by atoms with Crippen molar-refractivity contribution in [2.24, 2.45) is 4.99 Å². The zero-order valence-electron chi connectivity index (χ0n) is 16.1. The lowest BCUT2D eigenvalue weighted by molar-refractivity contribution is -0.137. The van der Waals surface area contributed by atoms with Gasteiger partial charge >= 0.3 is 6.18 Å². The predicted octanol–water partition coefficient (Wildman–Crippen LogP) is 3.93. The lowest BCUT2D eigenvalue weighted by Gasteiger charge is -2.08. The van der Waals surface area contributed by atoms with E-state index < -0.39 is 11.7 Å². The Morgan fingerprint density at radius 1 is 1.18 bits per heavy atom. The Bertz CT molecular complexity index is 839. The van der Waals surface area contributed by atoms with Crippen molar-refractivity contribution in [3.63, 3.8) is 0 Å². The first-order valence-corrected chi connectivity index (χ1v) is 9.72. The fourth-order valence-electron chi connectivity index (χ4n) is 2.27. The number of hydrogen-bond acceptors (Lipinski definition) is 3. The topological polar surface area (TPSA) is 49.3 Å². The van der Waals surface area contributed by atoms with Gasteiger partial charge in [-0.15, -0.1) is 11.3 Å². The van der Waals surface area contributed by atoms with Crippen molar-refractivity contribution in [2.45, 2.75) is 33.4 Å². The fraction of sp³-hybridized carbons (Fsp3) is 0.400. The summed E-state index contributed by atoms with van der Waals surface area (Å²) in [5, 5.41) is 7.30. The van der Waals surface area contributed by atoms with Crippen LogP contribution >= 0.6 is 11.3 Å². The Morgan fingerprint density at radius 2 is 1.89 bits per heavy atom. The molecular weight excluding hydrogens is 385 g/mol. The van der Waals surface area contributed by atoms with E-state index in [1.54, 1.807) is 11.3 Å². The number of hydrogen-bond donors (Lipinski definition) is 2. The first-order valence-electron chi connectivity index (χ1n) is 8.90. The minimum Gasteiger partial charge on any atom is -0.357 e. The van der Waals surface area contributed by atoms with Crippen LogP contribution in [0.2, 0.25) is 0 Å². The maximum absolute atomic E-state index is 12.5. The highest BCUT2D eigenvalue weighted by Gasteiger charge is 2.29. The van der Waals surface area contributed by atoms with E-state index in [9.17, 15) is 13.2 Å². The molecule has 0 saturated carbocycles. The third-order valence-corrected chi connectivity index (χ3v) is 4.93. The molecule has 2 aromatic rings. The predicted molar refractivity (Wildman–Crippen MR) is 108 cm³/mol. The van der Waals surface area contributed by atoms with Gasteiger partial charge < -0.3 is 10.6 Å². The quantitative estimate of drug-likeness (QED) is 0.448. The Labute approximate surface area is 167 Å². The summed E-state index contributed by atoms with van der Waals surface area (Å²) in [5.74, 6) is 6.38. The Morgan fingerprint density at radius 3 is 2.46 bits per heavy atom. The highest BCUT2D eigenvalue weighted by molar-refractivity contribution is 7.11. The van der Waals surface area contributed by atoms with Crippen LogP contribution in [0, 0.1) is 25.7 Å². The normalized spacial score (nSPS) is 11.7. The van der Waals surface area contributed by atoms with Crippen molar-refractivity contribution in [1.29, 1.82) is 0 Å². The number of benzene rings is 1. The van der Waals surface area contributed by atoms with Crippen molar-refractivity contribution in [2.75, 3.05) is 19.6 Å². The van der Waals surface area contributed by atoms with Crippen LogP contribution in [-0.2, 0) is 12.6 Å². The van der Waals surface area contributed by atoms with Gasteiger partial charge in [-0.3, -0.25) is 4.99 Å². The number of nitrogens with one attached hydrogen (secondary N) is 2. The minimum atomic E-state index is -4.33. The SMILES string of the molecule is CCNC(=NCCc1nc(C)c(C)s1)NCC#Cc1ccc(C(F)(F)F)cc1. The first-order chi connectivity index (χ1) is 13.3. The zero-order valence-corrected chi connectivity index (χ0v) is 16.9. The number of guanidine groups is 1. The van der Waals surface area contributed by atoms with Gasteiger partial charge in [0.05, 0.1) is 22.8 Å². The molecule has 1 aromatic heterocycles. The van der Waals surface area contributed by atoms with Crippen LogP contribution in [-0.4, -0.2) is 30.6 Å². The summed E-state index contributed by atoms with van der Waals surface area (Å²) in [6.45, 7) is 7.68. The molecule has 0 radical (unpaired) electrons. The molecule has 0 unspecified atom stereocenters. The summed E-state index contributed by atoms with van der Waals surface area (Å²) in [5.41, 5.74) is 0.919. The third kappa shape index (κ3) is 6.89. The summed E-state index contributed by atoms with van der Waals surface area (Å²) in [6.07, 6.45) is -3.56. The summed E-state index contributed by atoms with van der Waals surface area (Å²) < 4.78 is 37.6. The average molecular weight is 408 g/mol. The Kier molecular flexibility index (Phi) is 7.88. The van der Waals surface area contributed by atoms with E-state index in [0.717, 1.165) is 29.3 Å². The van der Waals surface area contributed by atoms with Crippen molar-refractivity contribution in [3.8, 4) is 11.8 Å². The van der Waals surface area contributed by atoms with E-state index in [-0.39, 0.29) is 0 Å². The summed E-state index contributed by atoms with van der Waals surface area (Å²) in [6, 6.07) is 4.80. The van der Waals surface area contributed by atoms with Crippen LogP contribution in [0.25, 0.3) is 0 Å². The zero-order chi connectivity index (χ0) is 20.6. The molecule has 1 heterocycles. The van der Waals surface area contributed by atoms with Gasteiger partial charge in [-0.1, -0.05) is 11.8 Å². The molecule has 150 valence electrons. The lowest BCUT2D eigenvalue weighted by Crippen LogP contribution is -2.37. The van der Waals surface area contributed by atoms with Crippen LogP contribution in [0.5, 0.6) is 0 Å². The van der Waals surface area contributed by atoms with E-state index in [0.29, 0.717) is 31.2 Å². The minimum absolute atomic E-state index is 0.336. The van der Waals surface area contributed by atoms with E-state index >= 15 is 0 Å². The number of alkyl halides is 3.